The van der Waals surface area contributed by atoms with Gasteiger partial charge in [-0.2, -0.15) is 0 Å². The molecule has 1 unspecified atom stereocenters. The van der Waals surface area contributed by atoms with Crippen molar-refractivity contribution in [2.75, 3.05) is 27.7 Å². The predicted octanol–water partition coefficient (Wildman–Crippen LogP) is 3.09. The fourth-order valence-corrected chi connectivity index (χ4v) is 2.28. The van der Waals surface area contributed by atoms with E-state index in [0.717, 1.165) is 13.0 Å². The van der Waals surface area contributed by atoms with Gasteiger partial charge in [-0.1, -0.05) is 32.0 Å². The number of aliphatic imine (C=N–C) groups is 1. The third-order valence-corrected chi connectivity index (χ3v) is 3.61. The average Bonchev–Trinajstić information content (AvgIpc) is 2.47. The Kier molecular flexibility index (Phi) is 11.2. The molecule has 1 rings (SSSR count). The van der Waals surface area contributed by atoms with Crippen LogP contribution in [0.25, 0.3) is 0 Å². The number of benzene rings is 1. The monoisotopic (exact) mass is 436 g/mol. The van der Waals surface area contributed by atoms with Gasteiger partial charge in [-0.05, 0) is 32.5 Å². The Morgan fingerprint density at radius 3 is 2.39 bits per heavy atom. The van der Waals surface area contributed by atoms with Gasteiger partial charge in [0.1, 0.15) is 5.82 Å². The van der Waals surface area contributed by atoms with E-state index in [1.54, 1.807) is 19.2 Å². The highest BCUT2D eigenvalue weighted by Crippen LogP contribution is 2.08. The minimum absolute atomic E-state index is 0. The van der Waals surface area contributed by atoms with Gasteiger partial charge in [-0.15, -0.1) is 24.0 Å². The number of likely N-dealkylation sites (N-methyl/N-ethyl adjacent to an activating group) is 1. The first-order valence-corrected chi connectivity index (χ1v) is 7.78. The SMILES string of the molecule is CN=C(NCc1ccccc1F)NCC(CC(C)C)N(C)C.I. The van der Waals surface area contributed by atoms with Crippen LogP contribution in [0.3, 0.4) is 0 Å². The Morgan fingerprint density at radius 1 is 1.22 bits per heavy atom. The maximum Gasteiger partial charge on any atom is 0.191 e. The highest BCUT2D eigenvalue weighted by Gasteiger charge is 2.13. The standard InChI is InChI=1S/C17H29FN4.HI/c1-13(2)10-15(22(4)5)12-21-17(19-3)20-11-14-8-6-7-9-16(14)18;/h6-9,13,15H,10-12H2,1-5H3,(H2,19,20,21);1H. The van der Waals surface area contributed by atoms with E-state index in [1.165, 1.54) is 6.07 Å². The fraction of sp³-hybridized carbons (Fsp3) is 0.588. The molecule has 0 saturated heterocycles. The van der Waals surface area contributed by atoms with Crippen LogP contribution in [0.4, 0.5) is 4.39 Å². The summed E-state index contributed by atoms with van der Waals surface area (Å²) < 4.78 is 13.6. The zero-order valence-corrected chi connectivity index (χ0v) is 17.1. The Bertz CT molecular complexity index is 477. The molecule has 0 radical (unpaired) electrons. The summed E-state index contributed by atoms with van der Waals surface area (Å²) in [4.78, 5) is 6.42. The first-order chi connectivity index (χ1) is 10.4. The van der Waals surface area contributed by atoms with Crippen LogP contribution < -0.4 is 10.6 Å². The zero-order valence-electron chi connectivity index (χ0n) is 14.8. The van der Waals surface area contributed by atoms with E-state index in [4.69, 9.17) is 0 Å². The summed E-state index contributed by atoms with van der Waals surface area (Å²) in [5, 5.41) is 6.48. The molecule has 0 spiro atoms. The summed E-state index contributed by atoms with van der Waals surface area (Å²) >= 11 is 0. The number of hydrogen-bond acceptors (Lipinski definition) is 2. The predicted molar refractivity (Wildman–Crippen MR) is 107 cm³/mol. The van der Waals surface area contributed by atoms with Crippen LogP contribution in [0, 0.1) is 11.7 Å². The molecule has 0 aliphatic rings. The van der Waals surface area contributed by atoms with Crippen LogP contribution in [-0.2, 0) is 6.54 Å². The first kappa shape index (κ1) is 22.1. The van der Waals surface area contributed by atoms with Gasteiger partial charge in [0.05, 0.1) is 0 Å². The van der Waals surface area contributed by atoms with Gasteiger partial charge in [-0.25, -0.2) is 4.39 Å². The minimum atomic E-state index is -0.198. The number of rotatable bonds is 7. The molecule has 0 saturated carbocycles. The van der Waals surface area contributed by atoms with E-state index in [2.05, 4.69) is 48.5 Å². The molecule has 0 bridgehead atoms. The second-order valence-corrected chi connectivity index (χ2v) is 6.15. The van der Waals surface area contributed by atoms with Gasteiger partial charge < -0.3 is 15.5 Å². The molecule has 1 aromatic carbocycles. The fourth-order valence-electron chi connectivity index (χ4n) is 2.28. The molecule has 2 N–H and O–H groups in total. The molecule has 0 heterocycles. The first-order valence-electron chi connectivity index (χ1n) is 7.78. The van der Waals surface area contributed by atoms with E-state index >= 15 is 0 Å². The smallest absolute Gasteiger partial charge is 0.191 e. The second kappa shape index (κ2) is 11.6. The maximum atomic E-state index is 13.6. The van der Waals surface area contributed by atoms with E-state index in [-0.39, 0.29) is 29.8 Å². The number of guanidine groups is 1. The number of nitrogens with zero attached hydrogens (tertiary/aromatic N) is 2. The lowest BCUT2D eigenvalue weighted by Gasteiger charge is -2.27. The molecule has 0 amide bonds. The molecule has 4 nitrogen and oxygen atoms in total. The van der Waals surface area contributed by atoms with Crippen LogP contribution in [0.5, 0.6) is 0 Å². The van der Waals surface area contributed by atoms with Crippen LogP contribution in [0.2, 0.25) is 0 Å². The number of nitrogens with one attached hydrogen (secondary N) is 2. The lowest BCUT2D eigenvalue weighted by atomic mass is 10.0. The van der Waals surface area contributed by atoms with Gasteiger partial charge >= 0.3 is 0 Å². The largest absolute Gasteiger partial charge is 0.355 e. The van der Waals surface area contributed by atoms with E-state index in [1.807, 2.05) is 6.07 Å². The van der Waals surface area contributed by atoms with E-state index in [0.29, 0.717) is 30.0 Å². The highest BCUT2D eigenvalue weighted by atomic mass is 127. The van der Waals surface area contributed by atoms with Crippen molar-refractivity contribution in [1.29, 1.82) is 0 Å². The van der Waals surface area contributed by atoms with Crippen molar-refractivity contribution in [2.24, 2.45) is 10.9 Å². The number of halogens is 2. The third-order valence-electron chi connectivity index (χ3n) is 3.61. The molecular weight excluding hydrogens is 406 g/mol. The molecule has 6 heteroatoms. The topological polar surface area (TPSA) is 39.7 Å². The van der Waals surface area contributed by atoms with Crippen LogP contribution in [0.1, 0.15) is 25.8 Å². The molecule has 0 aliphatic heterocycles. The summed E-state index contributed by atoms with van der Waals surface area (Å²) in [5.41, 5.74) is 0.636. The Hall–Kier alpha value is -0.890. The minimum Gasteiger partial charge on any atom is -0.355 e. The Balaban J connectivity index is 0.00000484. The summed E-state index contributed by atoms with van der Waals surface area (Å²) in [6, 6.07) is 7.21. The van der Waals surface area contributed by atoms with E-state index < -0.39 is 0 Å². The molecular formula is C17H30FIN4. The number of hydrogen-bond donors (Lipinski definition) is 2. The summed E-state index contributed by atoms with van der Waals surface area (Å²) in [6.07, 6.45) is 1.12. The normalized spacial score (nSPS) is 13.0. The zero-order chi connectivity index (χ0) is 16.5. The van der Waals surface area contributed by atoms with Crippen molar-refractivity contribution in [1.82, 2.24) is 15.5 Å². The van der Waals surface area contributed by atoms with Crippen molar-refractivity contribution >= 4 is 29.9 Å². The molecule has 1 atom stereocenters. The van der Waals surface area contributed by atoms with Crippen LogP contribution >= 0.6 is 24.0 Å². The summed E-state index contributed by atoms with van der Waals surface area (Å²) in [6.45, 7) is 5.68. The van der Waals surface area contributed by atoms with Gasteiger partial charge in [0.15, 0.2) is 5.96 Å². The molecule has 132 valence electrons. The van der Waals surface area contributed by atoms with Crippen LogP contribution in [0.15, 0.2) is 29.3 Å². The van der Waals surface area contributed by atoms with Gasteiger partial charge in [0.25, 0.3) is 0 Å². The highest BCUT2D eigenvalue weighted by molar-refractivity contribution is 14.0. The van der Waals surface area contributed by atoms with Crippen molar-refractivity contribution in [3.8, 4) is 0 Å². The maximum absolute atomic E-state index is 13.6. The summed E-state index contributed by atoms with van der Waals surface area (Å²) in [7, 11) is 5.90. The van der Waals surface area contributed by atoms with Gasteiger partial charge in [0, 0.05) is 31.7 Å². The molecule has 1 aromatic rings. The molecule has 0 fully saturated rings. The van der Waals surface area contributed by atoms with Gasteiger partial charge in [-0.3, -0.25) is 4.99 Å². The van der Waals surface area contributed by atoms with Crippen LogP contribution in [-0.4, -0.2) is 44.6 Å². The van der Waals surface area contributed by atoms with Crippen molar-refractivity contribution in [3.63, 3.8) is 0 Å². The Labute approximate surface area is 157 Å². The lowest BCUT2D eigenvalue weighted by Crippen LogP contribution is -2.45. The molecule has 0 aromatic heterocycles. The molecule has 23 heavy (non-hydrogen) atoms. The summed E-state index contributed by atoms with van der Waals surface area (Å²) in [5.74, 6) is 1.14. The lowest BCUT2D eigenvalue weighted by molar-refractivity contribution is 0.254. The van der Waals surface area contributed by atoms with Crippen molar-refractivity contribution in [3.05, 3.63) is 35.6 Å². The average molecular weight is 436 g/mol. The second-order valence-electron chi connectivity index (χ2n) is 6.15. The molecule has 0 aliphatic carbocycles. The third kappa shape index (κ3) is 8.50. The van der Waals surface area contributed by atoms with Crippen molar-refractivity contribution in [2.45, 2.75) is 32.9 Å². The van der Waals surface area contributed by atoms with E-state index in [9.17, 15) is 4.39 Å². The Morgan fingerprint density at radius 2 is 1.87 bits per heavy atom. The van der Waals surface area contributed by atoms with Gasteiger partial charge in [0.2, 0.25) is 0 Å². The quantitative estimate of drug-likeness (QED) is 0.392. The van der Waals surface area contributed by atoms with Crippen molar-refractivity contribution < 1.29 is 4.39 Å².